The van der Waals surface area contributed by atoms with Gasteiger partial charge in [-0.15, -0.1) is 0 Å². The van der Waals surface area contributed by atoms with Crippen molar-refractivity contribution >= 4 is 5.78 Å². The monoisotopic (exact) mass is 219 g/mol. The molecule has 0 bridgehead atoms. The summed E-state index contributed by atoms with van der Waals surface area (Å²) < 4.78 is 5.03. The van der Waals surface area contributed by atoms with Gasteiger partial charge in [-0.2, -0.15) is 0 Å². The highest BCUT2D eigenvalue weighted by atomic mass is 16.5. The van der Waals surface area contributed by atoms with Crippen molar-refractivity contribution in [3.05, 3.63) is 41.6 Å². The zero-order chi connectivity index (χ0) is 12.1. The van der Waals surface area contributed by atoms with Crippen molar-refractivity contribution in [3.8, 4) is 5.75 Å². The van der Waals surface area contributed by atoms with Crippen LogP contribution in [0.4, 0.5) is 0 Å². The molecule has 1 rings (SSSR count). The summed E-state index contributed by atoms with van der Waals surface area (Å²) in [7, 11) is 5.42. The highest BCUT2D eigenvalue weighted by Crippen LogP contribution is 2.12. The first-order chi connectivity index (χ1) is 7.54. The number of ketones is 1. The highest BCUT2D eigenvalue weighted by molar-refractivity contribution is 6.04. The van der Waals surface area contributed by atoms with E-state index in [0.29, 0.717) is 5.56 Å². The molecule has 0 amide bonds. The molecule has 86 valence electrons. The van der Waals surface area contributed by atoms with Crippen LogP contribution in [0.15, 0.2) is 36.0 Å². The van der Waals surface area contributed by atoms with Gasteiger partial charge in [0.25, 0.3) is 0 Å². The zero-order valence-corrected chi connectivity index (χ0v) is 10.2. The number of benzene rings is 1. The average molecular weight is 219 g/mol. The molecular formula is C13H17NO2. The van der Waals surface area contributed by atoms with Gasteiger partial charge in [0, 0.05) is 31.4 Å². The molecule has 0 N–H and O–H groups in total. The third-order valence-corrected chi connectivity index (χ3v) is 2.42. The van der Waals surface area contributed by atoms with Gasteiger partial charge in [0.1, 0.15) is 5.75 Å². The van der Waals surface area contributed by atoms with E-state index in [0.717, 1.165) is 11.4 Å². The van der Waals surface area contributed by atoms with Crippen LogP contribution in [0.5, 0.6) is 5.75 Å². The normalized spacial score (nSPS) is 11.1. The van der Waals surface area contributed by atoms with Crippen molar-refractivity contribution in [2.45, 2.75) is 6.92 Å². The van der Waals surface area contributed by atoms with Crippen LogP contribution in [0.1, 0.15) is 17.3 Å². The Hall–Kier alpha value is -1.77. The number of ether oxygens (including phenoxy) is 1. The van der Waals surface area contributed by atoms with E-state index >= 15 is 0 Å². The average Bonchev–Trinajstić information content (AvgIpc) is 2.28. The second kappa shape index (κ2) is 5.35. The van der Waals surface area contributed by atoms with E-state index in [1.165, 1.54) is 0 Å². The standard InChI is InChI=1S/C13H17NO2/c1-10(14(2)3)9-13(15)11-5-7-12(16-4)8-6-11/h5-9H,1-4H3. The molecule has 0 unspecified atom stereocenters. The Kier molecular flexibility index (Phi) is 4.11. The van der Waals surface area contributed by atoms with E-state index in [1.54, 1.807) is 37.5 Å². The number of carbonyl (C=O) groups is 1. The highest BCUT2D eigenvalue weighted by Gasteiger charge is 2.04. The molecular weight excluding hydrogens is 202 g/mol. The smallest absolute Gasteiger partial charge is 0.187 e. The molecule has 0 aliphatic rings. The molecule has 0 aliphatic heterocycles. The second-order valence-corrected chi connectivity index (χ2v) is 3.77. The quantitative estimate of drug-likeness (QED) is 0.575. The van der Waals surface area contributed by atoms with E-state index in [4.69, 9.17) is 4.74 Å². The minimum atomic E-state index is 0.00820. The van der Waals surface area contributed by atoms with Gasteiger partial charge < -0.3 is 9.64 Å². The Morgan fingerprint density at radius 3 is 2.25 bits per heavy atom. The summed E-state index contributed by atoms with van der Waals surface area (Å²) in [6.07, 6.45) is 1.63. The first kappa shape index (κ1) is 12.3. The van der Waals surface area contributed by atoms with Crippen LogP contribution in [0.2, 0.25) is 0 Å². The minimum Gasteiger partial charge on any atom is -0.497 e. The number of nitrogens with zero attached hydrogens (tertiary/aromatic N) is 1. The predicted molar refractivity (Wildman–Crippen MR) is 64.8 cm³/mol. The van der Waals surface area contributed by atoms with Gasteiger partial charge in [0.05, 0.1) is 7.11 Å². The molecule has 0 saturated carbocycles. The summed E-state index contributed by atoms with van der Waals surface area (Å²) in [4.78, 5) is 13.7. The largest absolute Gasteiger partial charge is 0.497 e. The van der Waals surface area contributed by atoms with Gasteiger partial charge in [-0.1, -0.05) is 0 Å². The van der Waals surface area contributed by atoms with Gasteiger partial charge >= 0.3 is 0 Å². The lowest BCUT2D eigenvalue weighted by Gasteiger charge is -2.11. The maximum absolute atomic E-state index is 11.8. The summed E-state index contributed by atoms with van der Waals surface area (Å²) in [6.45, 7) is 1.90. The zero-order valence-electron chi connectivity index (χ0n) is 10.2. The molecule has 0 aromatic heterocycles. The van der Waals surface area contributed by atoms with Gasteiger partial charge in [0.15, 0.2) is 5.78 Å². The van der Waals surface area contributed by atoms with Crippen LogP contribution in [-0.4, -0.2) is 31.9 Å². The topological polar surface area (TPSA) is 29.5 Å². The third-order valence-electron chi connectivity index (χ3n) is 2.42. The van der Waals surface area contributed by atoms with Gasteiger partial charge in [-0.05, 0) is 31.2 Å². The van der Waals surface area contributed by atoms with Crippen LogP contribution in [0.25, 0.3) is 0 Å². The second-order valence-electron chi connectivity index (χ2n) is 3.77. The van der Waals surface area contributed by atoms with Crippen molar-refractivity contribution in [1.82, 2.24) is 4.90 Å². The molecule has 3 nitrogen and oxygen atoms in total. The molecule has 1 aromatic rings. The Morgan fingerprint density at radius 1 is 1.25 bits per heavy atom. The molecule has 0 aliphatic carbocycles. The SMILES string of the molecule is COc1ccc(C(=O)C=C(C)N(C)C)cc1. The number of carbonyl (C=O) groups excluding carboxylic acids is 1. The summed E-state index contributed by atoms with van der Waals surface area (Å²) in [6, 6.07) is 7.10. The van der Waals surface area contributed by atoms with Crippen LogP contribution < -0.4 is 4.74 Å². The van der Waals surface area contributed by atoms with E-state index < -0.39 is 0 Å². The van der Waals surface area contributed by atoms with Crippen LogP contribution in [0.3, 0.4) is 0 Å². The first-order valence-electron chi connectivity index (χ1n) is 5.08. The summed E-state index contributed by atoms with van der Waals surface area (Å²) in [5, 5.41) is 0. The molecule has 0 saturated heterocycles. The van der Waals surface area contributed by atoms with Crippen molar-refractivity contribution in [1.29, 1.82) is 0 Å². The number of methoxy groups -OCH3 is 1. The molecule has 0 radical (unpaired) electrons. The van der Waals surface area contributed by atoms with Crippen LogP contribution in [0, 0.1) is 0 Å². The van der Waals surface area contributed by atoms with Crippen LogP contribution in [-0.2, 0) is 0 Å². The lowest BCUT2D eigenvalue weighted by atomic mass is 10.1. The van der Waals surface area contributed by atoms with Crippen molar-refractivity contribution in [3.63, 3.8) is 0 Å². The number of hydrogen-bond acceptors (Lipinski definition) is 3. The molecule has 0 spiro atoms. The first-order valence-corrected chi connectivity index (χ1v) is 5.08. The molecule has 0 fully saturated rings. The number of rotatable bonds is 4. The Morgan fingerprint density at radius 2 is 1.81 bits per heavy atom. The maximum Gasteiger partial charge on any atom is 0.187 e. The fourth-order valence-corrected chi connectivity index (χ4v) is 1.16. The third kappa shape index (κ3) is 3.12. The molecule has 0 heterocycles. The molecule has 3 heteroatoms. The Bertz CT molecular complexity index is 391. The van der Waals surface area contributed by atoms with Gasteiger partial charge in [-0.25, -0.2) is 0 Å². The van der Waals surface area contributed by atoms with E-state index in [2.05, 4.69) is 0 Å². The van der Waals surface area contributed by atoms with Crippen molar-refractivity contribution < 1.29 is 9.53 Å². The molecule has 0 atom stereocenters. The Labute approximate surface area is 96.3 Å². The van der Waals surface area contributed by atoms with Crippen LogP contribution >= 0.6 is 0 Å². The predicted octanol–water partition coefficient (Wildman–Crippen LogP) is 2.34. The van der Waals surface area contributed by atoms with Crippen molar-refractivity contribution in [2.24, 2.45) is 0 Å². The maximum atomic E-state index is 11.8. The van der Waals surface area contributed by atoms with E-state index in [1.807, 2.05) is 25.9 Å². The fourth-order valence-electron chi connectivity index (χ4n) is 1.16. The number of allylic oxidation sites excluding steroid dienone is 2. The van der Waals surface area contributed by atoms with E-state index in [-0.39, 0.29) is 5.78 Å². The Balaban J connectivity index is 2.85. The fraction of sp³-hybridized carbons (Fsp3) is 0.308. The minimum absolute atomic E-state index is 0.00820. The number of hydrogen-bond donors (Lipinski definition) is 0. The summed E-state index contributed by atoms with van der Waals surface area (Å²) in [5.41, 5.74) is 1.60. The van der Waals surface area contributed by atoms with E-state index in [9.17, 15) is 4.79 Å². The molecule has 1 aromatic carbocycles. The van der Waals surface area contributed by atoms with Gasteiger partial charge in [-0.3, -0.25) is 4.79 Å². The summed E-state index contributed by atoms with van der Waals surface area (Å²) >= 11 is 0. The molecule has 16 heavy (non-hydrogen) atoms. The summed E-state index contributed by atoms with van der Waals surface area (Å²) in [5.74, 6) is 0.763. The van der Waals surface area contributed by atoms with Gasteiger partial charge in [0.2, 0.25) is 0 Å². The lowest BCUT2D eigenvalue weighted by molar-refractivity contribution is 0.104. The lowest BCUT2D eigenvalue weighted by Crippen LogP contribution is -2.10. The van der Waals surface area contributed by atoms with Crippen molar-refractivity contribution in [2.75, 3.05) is 21.2 Å².